The number of thiophene rings is 1. The number of hydrogen-bond acceptors (Lipinski definition) is 3. The summed E-state index contributed by atoms with van der Waals surface area (Å²) in [4.78, 5) is 10.4. The van der Waals surface area contributed by atoms with Gasteiger partial charge in [-0.2, -0.15) is 0 Å². The maximum Gasteiger partial charge on any atom is 0.160 e. The Bertz CT molecular complexity index is 3150. The van der Waals surface area contributed by atoms with Gasteiger partial charge in [-0.25, -0.2) is 9.97 Å². The quantitative estimate of drug-likeness (QED) is 0.176. The van der Waals surface area contributed by atoms with Gasteiger partial charge in [0.1, 0.15) is 0 Å². The highest BCUT2D eigenvalue weighted by Gasteiger charge is 2.37. The third-order valence-electron chi connectivity index (χ3n) is 11.7. The van der Waals surface area contributed by atoms with Gasteiger partial charge in [0.2, 0.25) is 0 Å². The Balaban J connectivity index is 1.01. The maximum absolute atomic E-state index is 5.18. The van der Waals surface area contributed by atoms with Crippen molar-refractivity contribution in [3.63, 3.8) is 0 Å². The number of aromatic nitrogens is 2. The molecule has 11 rings (SSSR count). The fraction of sp³-hybridized carbons (Fsp3) is 0.0566. The van der Waals surface area contributed by atoms with Gasteiger partial charge in [-0.15, -0.1) is 11.3 Å². The first kappa shape index (κ1) is 32.7. The summed E-state index contributed by atoms with van der Waals surface area (Å²) in [6.07, 6.45) is 0. The van der Waals surface area contributed by atoms with Gasteiger partial charge in [0.25, 0.3) is 0 Å². The smallest absolute Gasteiger partial charge is 0.160 e. The van der Waals surface area contributed by atoms with E-state index in [0.29, 0.717) is 5.82 Å². The lowest BCUT2D eigenvalue weighted by Crippen LogP contribution is -2.14. The van der Waals surface area contributed by atoms with E-state index in [1.807, 2.05) is 29.5 Å². The minimum Gasteiger partial charge on any atom is -0.228 e. The first-order chi connectivity index (χ1) is 27.5. The molecule has 0 atom stereocenters. The molecule has 0 saturated carbocycles. The number of benzene rings is 8. The van der Waals surface area contributed by atoms with E-state index in [9.17, 15) is 0 Å². The van der Waals surface area contributed by atoms with Crippen molar-refractivity contribution in [2.24, 2.45) is 0 Å². The van der Waals surface area contributed by atoms with Crippen LogP contribution in [0.25, 0.3) is 98.2 Å². The molecule has 8 aromatic carbocycles. The number of rotatable bonds is 5. The summed E-state index contributed by atoms with van der Waals surface area (Å²) in [7, 11) is 0. The molecule has 0 aliphatic heterocycles. The molecule has 1 aliphatic rings. The van der Waals surface area contributed by atoms with Crippen LogP contribution in [0.15, 0.2) is 182 Å². The second kappa shape index (κ2) is 12.7. The molecule has 0 saturated heterocycles. The Hall–Kier alpha value is -6.68. The van der Waals surface area contributed by atoms with Gasteiger partial charge in [-0.05, 0) is 85.6 Å². The van der Waals surface area contributed by atoms with E-state index < -0.39 is 0 Å². The fourth-order valence-corrected chi connectivity index (χ4v) is 10.1. The monoisotopic (exact) mass is 732 g/mol. The van der Waals surface area contributed by atoms with E-state index in [4.69, 9.17) is 9.97 Å². The van der Waals surface area contributed by atoms with E-state index in [1.54, 1.807) is 0 Å². The first-order valence-electron chi connectivity index (χ1n) is 19.2. The SMILES string of the molecule is CC1(C)c2cc3ccccc3cc2-c2c(-c3ccc(-c4cc(-c5cccc(-c6cccc7c6sc6ccccc67)c5)nc(-c5ccccc5)n4)cc3)cccc21. The maximum atomic E-state index is 5.18. The first-order valence-corrected chi connectivity index (χ1v) is 20.0. The van der Waals surface area contributed by atoms with E-state index in [-0.39, 0.29) is 5.41 Å². The second-order valence-electron chi connectivity index (χ2n) is 15.4. The van der Waals surface area contributed by atoms with Crippen LogP contribution < -0.4 is 0 Å². The summed E-state index contributed by atoms with van der Waals surface area (Å²) in [6.45, 7) is 4.72. The Morgan fingerprint density at radius 3 is 1.88 bits per heavy atom. The molecule has 3 heteroatoms. The lowest BCUT2D eigenvalue weighted by molar-refractivity contribution is 0.661. The molecule has 0 fully saturated rings. The van der Waals surface area contributed by atoms with Crippen LogP contribution in [0.3, 0.4) is 0 Å². The summed E-state index contributed by atoms with van der Waals surface area (Å²) in [5, 5.41) is 5.17. The van der Waals surface area contributed by atoms with Gasteiger partial charge in [0, 0.05) is 42.3 Å². The standard InChI is InChI=1S/C53H36N2S/c1-53(2)45-23-12-20-40(50(45)44-30-36-15-6-7-16-37(36)31-46(44)53)33-25-27-34(28-26-33)47-32-48(55-52(54-47)35-13-4-3-5-14-35)39-18-10-17-38(29-39)41-21-11-22-43-42-19-8-9-24-49(42)56-51(41)43/h3-32H,1-2H3. The summed E-state index contributed by atoms with van der Waals surface area (Å²) in [6, 6.07) is 65.8. The van der Waals surface area contributed by atoms with Crippen molar-refractivity contribution in [3.05, 3.63) is 193 Å². The lowest BCUT2D eigenvalue weighted by atomic mass is 9.81. The van der Waals surface area contributed by atoms with E-state index >= 15 is 0 Å². The van der Waals surface area contributed by atoms with Crippen LogP contribution in [0.1, 0.15) is 25.0 Å². The highest BCUT2D eigenvalue weighted by Crippen LogP contribution is 2.53. The van der Waals surface area contributed by atoms with E-state index in [1.165, 1.54) is 75.5 Å². The summed E-state index contributed by atoms with van der Waals surface area (Å²) in [5.74, 6) is 0.714. The van der Waals surface area contributed by atoms with Crippen LogP contribution >= 0.6 is 11.3 Å². The molecule has 264 valence electrons. The Morgan fingerprint density at radius 1 is 0.411 bits per heavy atom. The predicted molar refractivity (Wildman–Crippen MR) is 237 cm³/mol. The summed E-state index contributed by atoms with van der Waals surface area (Å²) >= 11 is 1.86. The van der Waals surface area contributed by atoms with Crippen LogP contribution in [0.5, 0.6) is 0 Å². The molecule has 2 nitrogen and oxygen atoms in total. The summed E-state index contributed by atoms with van der Waals surface area (Å²) in [5.41, 5.74) is 15.1. The lowest BCUT2D eigenvalue weighted by Gasteiger charge is -2.22. The molecule has 0 amide bonds. The molecule has 1 aliphatic carbocycles. The van der Waals surface area contributed by atoms with Crippen molar-refractivity contribution in [1.29, 1.82) is 0 Å². The van der Waals surface area contributed by atoms with E-state index in [2.05, 4.69) is 178 Å². The zero-order valence-electron chi connectivity index (χ0n) is 31.1. The molecule has 10 aromatic rings. The fourth-order valence-electron chi connectivity index (χ4n) is 8.81. The zero-order valence-corrected chi connectivity index (χ0v) is 31.9. The number of hydrogen-bond donors (Lipinski definition) is 0. The van der Waals surface area contributed by atoms with Crippen LogP contribution in [-0.2, 0) is 5.41 Å². The largest absolute Gasteiger partial charge is 0.228 e. The van der Waals surface area contributed by atoms with Crippen molar-refractivity contribution >= 4 is 42.3 Å². The van der Waals surface area contributed by atoms with Gasteiger partial charge < -0.3 is 0 Å². The molecule has 0 radical (unpaired) electrons. The normalized spacial score (nSPS) is 13.0. The Kier molecular flexibility index (Phi) is 7.42. The molecule has 2 aromatic heterocycles. The average Bonchev–Trinajstić information content (AvgIpc) is 3.75. The summed E-state index contributed by atoms with van der Waals surface area (Å²) < 4.78 is 2.62. The van der Waals surface area contributed by atoms with E-state index in [0.717, 1.165) is 28.1 Å². The molecule has 0 bridgehead atoms. The highest BCUT2D eigenvalue weighted by atomic mass is 32.1. The number of fused-ring (bicyclic) bond motifs is 7. The Labute approximate surface area is 330 Å². The molecule has 0 N–H and O–H groups in total. The van der Waals surface area contributed by atoms with Crippen LogP contribution in [0.4, 0.5) is 0 Å². The topological polar surface area (TPSA) is 25.8 Å². The second-order valence-corrected chi connectivity index (χ2v) is 16.4. The van der Waals surface area contributed by atoms with Crippen molar-refractivity contribution in [3.8, 4) is 67.3 Å². The molecular weight excluding hydrogens is 697 g/mol. The van der Waals surface area contributed by atoms with Gasteiger partial charge in [-0.3, -0.25) is 0 Å². The minimum absolute atomic E-state index is 0.0858. The molecule has 2 heterocycles. The zero-order chi connectivity index (χ0) is 37.4. The third kappa shape index (κ3) is 5.23. The van der Waals surface area contributed by atoms with Crippen molar-refractivity contribution in [2.75, 3.05) is 0 Å². The predicted octanol–water partition coefficient (Wildman–Crippen LogP) is 14.6. The van der Waals surface area contributed by atoms with Crippen molar-refractivity contribution in [2.45, 2.75) is 19.3 Å². The van der Waals surface area contributed by atoms with Gasteiger partial charge >= 0.3 is 0 Å². The average molecular weight is 733 g/mol. The van der Waals surface area contributed by atoms with Gasteiger partial charge in [0.15, 0.2) is 5.82 Å². The van der Waals surface area contributed by atoms with Crippen molar-refractivity contribution < 1.29 is 0 Å². The Morgan fingerprint density at radius 2 is 1.04 bits per heavy atom. The van der Waals surface area contributed by atoms with Crippen LogP contribution in [0.2, 0.25) is 0 Å². The van der Waals surface area contributed by atoms with Gasteiger partial charge in [-0.1, -0.05) is 166 Å². The molecule has 56 heavy (non-hydrogen) atoms. The third-order valence-corrected chi connectivity index (χ3v) is 12.9. The molecule has 0 unspecified atom stereocenters. The molecular formula is C53H36N2S. The number of nitrogens with zero attached hydrogens (tertiary/aromatic N) is 2. The van der Waals surface area contributed by atoms with Crippen LogP contribution in [-0.4, -0.2) is 9.97 Å². The van der Waals surface area contributed by atoms with Gasteiger partial charge in [0.05, 0.1) is 11.4 Å². The van der Waals surface area contributed by atoms with Crippen molar-refractivity contribution in [1.82, 2.24) is 9.97 Å². The minimum atomic E-state index is -0.0858. The molecule has 0 spiro atoms. The highest BCUT2D eigenvalue weighted by molar-refractivity contribution is 7.26. The van der Waals surface area contributed by atoms with Crippen LogP contribution in [0, 0.1) is 0 Å².